The molecule has 3 rings (SSSR count). The van der Waals surface area contributed by atoms with E-state index in [1.54, 1.807) is 30.3 Å². The van der Waals surface area contributed by atoms with Crippen molar-refractivity contribution >= 4 is 22.5 Å². The van der Waals surface area contributed by atoms with Crippen molar-refractivity contribution in [2.45, 2.75) is 6.54 Å². The third-order valence-corrected chi connectivity index (χ3v) is 3.46. The molecule has 0 N–H and O–H groups in total. The fourth-order valence-corrected chi connectivity index (χ4v) is 2.30. The number of nitrogens with zero attached hydrogens (tertiary/aromatic N) is 3. The monoisotopic (exact) mass is 295 g/mol. The first-order valence-corrected chi connectivity index (χ1v) is 6.69. The van der Waals surface area contributed by atoms with Gasteiger partial charge in [0.25, 0.3) is 5.56 Å². The number of nitriles is 1. The fourth-order valence-electron chi connectivity index (χ4n) is 2.13. The van der Waals surface area contributed by atoms with E-state index in [4.69, 9.17) is 16.9 Å². The summed E-state index contributed by atoms with van der Waals surface area (Å²) in [4.78, 5) is 16.7. The topological polar surface area (TPSA) is 58.7 Å². The molecule has 0 amide bonds. The van der Waals surface area contributed by atoms with Gasteiger partial charge >= 0.3 is 0 Å². The maximum Gasteiger partial charge on any atom is 0.261 e. The number of aromatic nitrogens is 2. The van der Waals surface area contributed by atoms with Crippen molar-refractivity contribution in [1.82, 2.24) is 9.55 Å². The second kappa shape index (κ2) is 5.39. The number of hydrogen-bond donors (Lipinski definition) is 0. The second-order valence-corrected chi connectivity index (χ2v) is 5.08. The van der Waals surface area contributed by atoms with E-state index in [-0.39, 0.29) is 5.56 Å². The van der Waals surface area contributed by atoms with Gasteiger partial charge in [0.15, 0.2) is 0 Å². The smallest absolute Gasteiger partial charge is 0.261 e. The number of halogens is 1. The molecule has 0 fully saturated rings. The first-order valence-electron chi connectivity index (χ1n) is 6.31. The lowest BCUT2D eigenvalue weighted by Gasteiger charge is -2.07. The summed E-state index contributed by atoms with van der Waals surface area (Å²) < 4.78 is 1.53. The molecule has 0 saturated carbocycles. The predicted octanol–water partition coefficient (Wildman–Crippen LogP) is 2.97. The Balaban J connectivity index is 2.02. The van der Waals surface area contributed by atoms with Gasteiger partial charge in [-0.15, -0.1) is 0 Å². The van der Waals surface area contributed by atoms with Crippen LogP contribution in [0.25, 0.3) is 10.9 Å². The van der Waals surface area contributed by atoms with E-state index in [1.807, 2.05) is 12.1 Å². The SMILES string of the molecule is N#Cc1ccc(Cn2cnc3ccc(Cl)cc3c2=O)cc1. The van der Waals surface area contributed by atoms with E-state index in [0.29, 0.717) is 28.0 Å². The average Bonchev–Trinajstić information content (AvgIpc) is 2.51. The van der Waals surface area contributed by atoms with Gasteiger partial charge in [-0.1, -0.05) is 23.7 Å². The molecule has 0 radical (unpaired) electrons. The first-order chi connectivity index (χ1) is 10.2. The van der Waals surface area contributed by atoms with Crippen molar-refractivity contribution < 1.29 is 0 Å². The lowest BCUT2D eigenvalue weighted by atomic mass is 10.1. The summed E-state index contributed by atoms with van der Waals surface area (Å²) in [5, 5.41) is 9.79. The van der Waals surface area contributed by atoms with Gasteiger partial charge < -0.3 is 0 Å². The molecule has 0 aliphatic heterocycles. The highest BCUT2D eigenvalue weighted by Crippen LogP contribution is 2.14. The molecule has 0 atom stereocenters. The van der Waals surface area contributed by atoms with Crippen LogP contribution >= 0.6 is 11.6 Å². The van der Waals surface area contributed by atoms with Gasteiger partial charge in [0.2, 0.25) is 0 Å². The minimum Gasteiger partial charge on any atom is -0.294 e. The standard InChI is InChI=1S/C16H10ClN3O/c17-13-5-6-15-14(7-13)16(21)20(10-19-15)9-12-3-1-11(8-18)2-4-12/h1-7,10H,9H2. The van der Waals surface area contributed by atoms with Gasteiger partial charge in [-0.25, -0.2) is 4.98 Å². The molecule has 102 valence electrons. The summed E-state index contributed by atoms with van der Waals surface area (Å²) in [5.41, 5.74) is 2.01. The van der Waals surface area contributed by atoms with E-state index in [0.717, 1.165) is 5.56 Å². The molecule has 0 bridgehead atoms. The normalized spacial score (nSPS) is 10.5. The molecule has 21 heavy (non-hydrogen) atoms. The largest absolute Gasteiger partial charge is 0.294 e. The van der Waals surface area contributed by atoms with Crippen LogP contribution in [0.15, 0.2) is 53.6 Å². The Morgan fingerprint density at radius 2 is 1.95 bits per heavy atom. The zero-order valence-corrected chi connectivity index (χ0v) is 11.7. The molecule has 0 spiro atoms. The summed E-state index contributed by atoms with van der Waals surface area (Å²) in [5.74, 6) is 0. The predicted molar refractivity (Wildman–Crippen MR) is 81.3 cm³/mol. The molecule has 0 saturated heterocycles. The van der Waals surface area contributed by atoms with E-state index in [2.05, 4.69) is 11.1 Å². The quantitative estimate of drug-likeness (QED) is 0.730. The van der Waals surface area contributed by atoms with Crippen LogP contribution in [0, 0.1) is 11.3 Å². The van der Waals surface area contributed by atoms with Gasteiger partial charge in [0, 0.05) is 5.02 Å². The Morgan fingerprint density at radius 3 is 2.67 bits per heavy atom. The van der Waals surface area contributed by atoms with Crippen molar-refractivity contribution in [2.24, 2.45) is 0 Å². The van der Waals surface area contributed by atoms with Crippen LogP contribution in [0.4, 0.5) is 0 Å². The molecule has 0 aliphatic rings. The molecule has 2 aromatic carbocycles. The molecule has 4 nitrogen and oxygen atoms in total. The fraction of sp³-hybridized carbons (Fsp3) is 0.0625. The van der Waals surface area contributed by atoms with Crippen LogP contribution in [0.1, 0.15) is 11.1 Å². The van der Waals surface area contributed by atoms with Crippen LogP contribution < -0.4 is 5.56 Å². The van der Waals surface area contributed by atoms with Gasteiger partial charge in [-0.3, -0.25) is 9.36 Å². The number of rotatable bonds is 2. The highest BCUT2D eigenvalue weighted by Gasteiger charge is 2.05. The van der Waals surface area contributed by atoms with Gasteiger partial charge in [-0.05, 0) is 35.9 Å². The minimum absolute atomic E-state index is 0.133. The molecular formula is C16H10ClN3O. The Bertz CT molecular complexity index is 907. The zero-order chi connectivity index (χ0) is 14.8. The van der Waals surface area contributed by atoms with Crippen molar-refractivity contribution in [3.63, 3.8) is 0 Å². The minimum atomic E-state index is -0.133. The molecule has 3 aromatic rings. The Morgan fingerprint density at radius 1 is 1.19 bits per heavy atom. The maximum absolute atomic E-state index is 12.4. The highest BCUT2D eigenvalue weighted by molar-refractivity contribution is 6.31. The molecule has 5 heteroatoms. The van der Waals surface area contributed by atoms with Crippen molar-refractivity contribution in [2.75, 3.05) is 0 Å². The van der Waals surface area contributed by atoms with Crippen LogP contribution in [-0.4, -0.2) is 9.55 Å². The van der Waals surface area contributed by atoms with E-state index in [9.17, 15) is 4.79 Å². The maximum atomic E-state index is 12.4. The summed E-state index contributed by atoms with van der Waals surface area (Å²) in [6, 6.07) is 14.2. The van der Waals surface area contributed by atoms with Crippen LogP contribution in [0.2, 0.25) is 5.02 Å². The summed E-state index contributed by atoms with van der Waals surface area (Å²) in [6.45, 7) is 0.403. The Labute approximate surface area is 125 Å². The third-order valence-electron chi connectivity index (χ3n) is 3.22. The average molecular weight is 296 g/mol. The molecule has 1 heterocycles. The molecule has 1 aromatic heterocycles. The number of fused-ring (bicyclic) bond motifs is 1. The lowest BCUT2D eigenvalue weighted by Crippen LogP contribution is -2.21. The van der Waals surface area contributed by atoms with Crippen molar-refractivity contribution in [1.29, 1.82) is 5.26 Å². The van der Waals surface area contributed by atoms with Gasteiger partial charge in [-0.2, -0.15) is 5.26 Å². The summed E-state index contributed by atoms with van der Waals surface area (Å²) in [6.07, 6.45) is 1.52. The number of benzene rings is 2. The summed E-state index contributed by atoms with van der Waals surface area (Å²) >= 11 is 5.93. The number of hydrogen-bond acceptors (Lipinski definition) is 3. The lowest BCUT2D eigenvalue weighted by molar-refractivity contribution is 0.748. The van der Waals surface area contributed by atoms with E-state index >= 15 is 0 Å². The molecular weight excluding hydrogens is 286 g/mol. The van der Waals surface area contributed by atoms with Crippen LogP contribution in [0.3, 0.4) is 0 Å². The van der Waals surface area contributed by atoms with Crippen molar-refractivity contribution in [3.8, 4) is 6.07 Å². The zero-order valence-electron chi connectivity index (χ0n) is 11.0. The molecule has 0 unspecified atom stereocenters. The van der Waals surface area contributed by atoms with Crippen molar-refractivity contribution in [3.05, 3.63) is 75.3 Å². The summed E-state index contributed by atoms with van der Waals surface area (Å²) in [7, 11) is 0. The molecule has 0 aliphatic carbocycles. The van der Waals surface area contributed by atoms with Crippen LogP contribution in [-0.2, 0) is 6.54 Å². The van der Waals surface area contributed by atoms with Gasteiger partial charge in [0.1, 0.15) is 0 Å². The second-order valence-electron chi connectivity index (χ2n) is 4.65. The Kier molecular flexibility index (Phi) is 3.43. The highest BCUT2D eigenvalue weighted by atomic mass is 35.5. The third kappa shape index (κ3) is 2.64. The Hall–Kier alpha value is -2.64. The van der Waals surface area contributed by atoms with E-state index < -0.39 is 0 Å². The van der Waals surface area contributed by atoms with Gasteiger partial charge in [0.05, 0.1) is 35.4 Å². The first kappa shape index (κ1) is 13.3. The van der Waals surface area contributed by atoms with E-state index in [1.165, 1.54) is 10.9 Å². The van der Waals surface area contributed by atoms with Crippen LogP contribution in [0.5, 0.6) is 0 Å².